The largest absolute Gasteiger partial charge is 0.394 e. The number of nitrogens with one attached hydrogen (secondary N) is 1. The van der Waals surface area contributed by atoms with Gasteiger partial charge in [-0.15, -0.1) is 0 Å². The zero-order valence-electron chi connectivity index (χ0n) is 10.9. The van der Waals surface area contributed by atoms with E-state index in [4.69, 9.17) is 16.2 Å². The summed E-state index contributed by atoms with van der Waals surface area (Å²) < 4.78 is 7.10. The van der Waals surface area contributed by atoms with Gasteiger partial charge in [-0.05, 0) is 0 Å². The molecule has 0 spiro atoms. The van der Waals surface area contributed by atoms with Crippen molar-refractivity contribution in [2.75, 3.05) is 12.3 Å². The summed E-state index contributed by atoms with van der Waals surface area (Å²) in [7, 11) is 0. The van der Waals surface area contributed by atoms with Gasteiger partial charge in [0.15, 0.2) is 11.2 Å². The van der Waals surface area contributed by atoms with Gasteiger partial charge in [0.05, 0.1) is 25.0 Å². The van der Waals surface area contributed by atoms with E-state index in [1.54, 1.807) is 0 Å². The van der Waals surface area contributed by atoms with Crippen LogP contribution in [0.5, 0.6) is 0 Å². The van der Waals surface area contributed by atoms with E-state index in [0.717, 1.165) is 0 Å². The SMILES string of the molecule is NC(=O)[C@H]1C[C@H](n2cnc3c(=O)[nH]c(N)nc32)O[C@@H]1CO. The Kier molecular flexibility index (Phi) is 3.11. The molecule has 1 saturated heterocycles. The van der Waals surface area contributed by atoms with Crippen LogP contribution in [0.15, 0.2) is 11.1 Å². The van der Waals surface area contributed by atoms with E-state index in [1.807, 2.05) is 0 Å². The molecule has 0 radical (unpaired) electrons. The van der Waals surface area contributed by atoms with E-state index in [-0.39, 0.29) is 30.1 Å². The number of aromatic nitrogens is 4. The van der Waals surface area contributed by atoms with Gasteiger partial charge in [0.25, 0.3) is 5.56 Å². The average molecular weight is 294 g/mol. The molecule has 0 unspecified atom stereocenters. The fourth-order valence-corrected chi connectivity index (χ4v) is 2.52. The van der Waals surface area contributed by atoms with Crippen molar-refractivity contribution in [1.29, 1.82) is 0 Å². The molecule has 6 N–H and O–H groups in total. The molecule has 10 heteroatoms. The van der Waals surface area contributed by atoms with E-state index in [1.165, 1.54) is 10.9 Å². The number of carbonyl (C=O) groups is 1. The van der Waals surface area contributed by atoms with Crippen LogP contribution in [0.3, 0.4) is 0 Å². The van der Waals surface area contributed by atoms with Crippen LogP contribution in [0.1, 0.15) is 12.6 Å². The molecule has 1 fully saturated rings. The van der Waals surface area contributed by atoms with Crippen molar-refractivity contribution >= 4 is 23.0 Å². The number of fused-ring (bicyclic) bond motifs is 1. The van der Waals surface area contributed by atoms with Crippen LogP contribution >= 0.6 is 0 Å². The molecule has 3 heterocycles. The van der Waals surface area contributed by atoms with E-state index in [0.29, 0.717) is 0 Å². The van der Waals surface area contributed by atoms with E-state index >= 15 is 0 Å². The lowest BCUT2D eigenvalue weighted by Crippen LogP contribution is -2.32. The number of rotatable bonds is 3. The van der Waals surface area contributed by atoms with Crippen molar-refractivity contribution in [2.24, 2.45) is 11.7 Å². The highest BCUT2D eigenvalue weighted by Crippen LogP contribution is 2.34. The number of nitrogens with zero attached hydrogens (tertiary/aromatic N) is 3. The third kappa shape index (κ3) is 2.14. The number of ether oxygens (including phenoxy) is 1. The number of hydrogen-bond acceptors (Lipinski definition) is 7. The molecule has 0 saturated carbocycles. The number of primary amides is 1. The minimum Gasteiger partial charge on any atom is -0.394 e. The Bertz CT molecular complexity index is 753. The summed E-state index contributed by atoms with van der Waals surface area (Å²) in [5, 5.41) is 9.25. The molecule has 1 aliphatic heterocycles. The fourth-order valence-electron chi connectivity index (χ4n) is 2.52. The predicted molar refractivity (Wildman–Crippen MR) is 70.9 cm³/mol. The topological polar surface area (TPSA) is 162 Å². The molecule has 10 nitrogen and oxygen atoms in total. The first-order chi connectivity index (χ1) is 10.0. The predicted octanol–water partition coefficient (Wildman–Crippen LogP) is -1.92. The second-order valence-corrected chi connectivity index (χ2v) is 4.83. The summed E-state index contributed by atoms with van der Waals surface area (Å²) in [4.78, 5) is 33.4. The van der Waals surface area contributed by atoms with Gasteiger partial charge in [-0.1, -0.05) is 0 Å². The zero-order valence-corrected chi connectivity index (χ0v) is 10.9. The second kappa shape index (κ2) is 4.82. The number of hydrogen-bond donors (Lipinski definition) is 4. The van der Waals surface area contributed by atoms with Gasteiger partial charge in [0, 0.05) is 6.42 Å². The molecule has 21 heavy (non-hydrogen) atoms. The number of carbonyl (C=O) groups excluding carboxylic acids is 1. The quantitative estimate of drug-likeness (QED) is 0.512. The van der Waals surface area contributed by atoms with Crippen molar-refractivity contribution in [1.82, 2.24) is 19.5 Å². The summed E-state index contributed by atoms with van der Waals surface area (Å²) in [5.74, 6) is -1.21. The Labute approximate surface area is 117 Å². The molecule has 0 aliphatic carbocycles. The molecule has 112 valence electrons. The number of aliphatic hydroxyl groups is 1. The second-order valence-electron chi connectivity index (χ2n) is 4.83. The van der Waals surface area contributed by atoms with Crippen LogP contribution in [-0.4, -0.2) is 43.2 Å². The van der Waals surface area contributed by atoms with Crippen LogP contribution in [0.25, 0.3) is 11.2 Å². The molecule has 2 aromatic rings. The monoisotopic (exact) mass is 294 g/mol. The molecule has 1 amide bonds. The number of H-pyrrole nitrogens is 1. The number of nitrogens with two attached hydrogens (primary N) is 2. The number of nitrogen functional groups attached to an aromatic ring is 1. The standard InChI is InChI=1S/C11H14N6O4/c12-8(19)4-1-6(21-5(4)2-18)17-3-14-7-9(17)15-11(13)16-10(7)20/h3-6,18H,1-2H2,(H2,12,19)(H3,13,15,16,20)/t4-,5+,6+/m0/s1. The third-order valence-corrected chi connectivity index (χ3v) is 3.54. The molecular formula is C11H14N6O4. The van der Waals surface area contributed by atoms with Crippen LogP contribution in [0.2, 0.25) is 0 Å². The Morgan fingerprint density at radius 1 is 1.62 bits per heavy atom. The third-order valence-electron chi connectivity index (χ3n) is 3.54. The smallest absolute Gasteiger partial charge is 0.280 e. The molecule has 2 aromatic heterocycles. The number of amides is 1. The number of anilines is 1. The van der Waals surface area contributed by atoms with Crippen LogP contribution in [-0.2, 0) is 9.53 Å². The lowest BCUT2D eigenvalue weighted by atomic mass is 10.0. The molecule has 1 aliphatic rings. The van der Waals surface area contributed by atoms with Gasteiger partial charge in [0.2, 0.25) is 11.9 Å². The molecular weight excluding hydrogens is 280 g/mol. The van der Waals surface area contributed by atoms with Gasteiger partial charge in [-0.2, -0.15) is 4.98 Å². The number of aliphatic hydroxyl groups excluding tert-OH is 1. The first-order valence-corrected chi connectivity index (χ1v) is 6.29. The first-order valence-electron chi connectivity index (χ1n) is 6.29. The highest BCUT2D eigenvalue weighted by Gasteiger charge is 2.39. The van der Waals surface area contributed by atoms with Crippen molar-refractivity contribution in [3.63, 3.8) is 0 Å². The molecule has 3 atom stereocenters. The van der Waals surface area contributed by atoms with E-state index in [2.05, 4.69) is 15.0 Å². The average Bonchev–Trinajstić information content (AvgIpc) is 3.01. The first kappa shape index (κ1) is 13.5. The van der Waals surface area contributed by atoms with E-state index in [9.17, 15) is 14.7 Å². The van der Waals surface area contributed by atoms with Gasteiger partial charge in [0.1, 0.15) is 6.23 Å². The summed E-state index contributed by atoms with van der Waals surface area (Å²) in [6.07, 6.45) is 0.359. The molecule has 0 bridgehead atoms. The summed E-state index contributed by atoms with van der Waals surface area (Å²) in [5.41, 5.74) is 10.7. The molecule has 3 rings (SSSR count). The van der Waals surface area contributed by atoms with E-state index < -0.39 is 29.7 Å². The van der Waals surface area contributed by atoms with Crippen molar-refractivity contribution in [3.8, 4) is 0 Å². The molecule has 0 aromatic carbocycles. The van der Waals surface area contributed by atoms with Crippen LogP contribution in [0, 0.1) is 5.92 Å². The summed E-state index contributed by atoms with van der Waals surface area (Å²) in [6, 6.07) is 0. The van der Waals surface area contributed by atoms with Crippen LogP contribution < -0.4 is 17.0 Å². The number of aromatic amines is 1. The van der Waals surface area contributed by atoms with Crippen LogP contribution in [0.4, 0.5) is 5.95 Å². The van der Waals surface area contributed by atoms with Gasteiger partial charge in [-0.3, -0.25) is 19.1 Å². The van der Waals surface area contributed by atoms with Crippen molar-refractivity contribution in [3.05, 3.63) is 16.7 Å². The van der Waals surface area contributed by atoms with Crippen molar-refractivity contribution < 1.29 is 14.6 Å². The lowest BCUT2D eigenvalue weighted by molar-refractivity contribution is -0.124. The maximum Gasteiger partial charge on any atom is 0.280 e. The van der Waals surface area contributed by atoms with Crippen molar-refractivity contribution in [2.45, 2.75) is 18.8 Å². The Morgan fingerprint density at radius 2 is 2.38 bits per heavy atom. The maximum atomic E-state index is 11.7. The highest BCUT2D eigenvalue weighted by atomic mass is 16.5. The summed E-state index contributed by atoms with van der Waals surface area (Å²) in [6.45, 7) is -0.327. The highest BCUT2D eigenvalue weighted by molar-refractivity contribution is 5.77. The number of imidazole rings is 1. The Morgan fingerprint density at radius 3 is 3.00 bits per heavy atom. The van der Waals surface area contributed by atoms with Gasteiger partial charge >= 0.3 is 0 Å². The maximum absolute atomic E-state index is 11.7. The zero-order chi connectivity index (χ0) is 15.1. The Balaban J connectivity index is 2.02. The minimum absolute atomic E-state index is 0.0441. The minimum atomic E-state index is -0.690. The summed E-state index contributed by atoms with van der Waals surface area (Å²) >= 11 is 0. The Hall–Kier alpha value is -2.46. The van der Waals surface area contributed by atoms with Gasteiger partial charge < -0.3 is 21.3 Å². The fraction of sp³-hybridized carbons (Fsp3) is 0.455. The lowest BCUT2D eigenvalue weighted by Gasteiger charge is -2.14. The van der Waals surface area contributed by atoms with Gasteiger partial charge in [-0.25, -0.2) is 4.98 Å². The normalized spacial score (nSPS) is 25.5.